The Bertz CT molecular complexity index is 3040. The molecule has 0 saturated carbocycles. The molecular weight excluding hydrogens is 715 g/mol. The van der Waals surface area contributed by atoms with Gasteiger partial charge in [-0.1, -0.05) is 152 Å². The van der Waals surface area contributed by atoms with Crippen LogP contribution >= 0.6 is 0 Å². The van der Waals surface area contributed by atoms with Gasteiger partial charge in [0.05, 0.1) is 16.9 Å². The van der Waals surface area contributed by atoms with E-state index in [4.69, 9.17) is 0 Å². The maximum atomic E-state index is 2.43. The normalized spacial score (nSPS) is 11.2. The molecule has 9 aromatic carbocycles. The Labute approximate surface area is 346 Å². The van der Waals surface area contributed by atoms with Crippen LogP contribution in [-0.2, 0) is 0 Å². The lowest BCUT2D eigenvalue weighted by Crippen LogP contribution is -2.16. The van der Waals surface area contributed by atoms with Gasteiger partial charge in [-0.25, -0.2) is 0 Å². The molecule has 3 nitrogen and oxygen atoms in total. The van der Waals surface area contributed by atoms with Crippen molar-refractivity contribution >= 4 is 55.9 Å². The molecule has 0 spiro atoms. The first-order chi connectivity index (χ1) is 29.1. The zero-order valence-electron chi connectivity index (χ0n) is 33.2. The van der Waals surface area contributed by atoms with Gasteiger partial charge in [0.15, 0.2) is 0 Å². The summed E-state index contributed by atoms with van der Waals surface area (Å²) in [6, 6.07) is 80.7. The highest BCUT2D eigenvalue weighted by Gasteiger charge is 2.25. The number of anilines is 6. The van der Waals surface area contributed by atoms with Gasteiger partial charge in [0.1, 0.15) is 5.82 Å². The summed E-state index contributed by atoms with van der Waals surface area (Å²) in [5.41, 5.74) is 15.1. The molecule has 0 radical (unpaired) electrons. The lowest BCUT2D eigenvalue weighted by molar-refractivity contribution is 1.06. The van der Waals surface area contributed by atoms with Crippen LogP contribution in [0.3, 0.4) is 0 Å². The van der Waals surface area contributed by atoms with Crippen LogP contribution in [0.2, 0.25) is 0 Å². The first-order valence-electron chi connectivity index (χ1n) is 20.3. The van der Waals surface area contributed by atoms with Crippen LogP contribution < -0.4 is 9.80 Å². The van der Waals surface area contributed by atoms with E-state index in [1.165, 1.54) is 55.1 Å². The Balaban J connectivity index is 1.05. The maximum absolute atomic E-state index is 2.43. The molecule has 0 saturated heterocycles. The van der Waals surface area contributed by atoms with Crippen molar-refractivity contribution in [3.63, 3.8) is 0 Å². The topological polar surface area (TPSA) is 11.4 Å². The minimum absolute atomic E-state index is 1.10. The third kappa shape index (κ3) is 6.63. The minimum Gasteiger partial charge on any atom is -0.310 e. The molecule has 3 heteroatoms. The van der Waals surface area contributed by atoms with Gasteiger partial charge in [0, 0.05) is 39.1 Å². The minimum atomic E-state index is 1.10. The highest BCUT2D eigenvalue weighted by atomic mass is 15.3. The quantitative estimate of drug-likeness (QED) is 0.145. The second-order valence-electron chi connectivity index (χ2n) is 15.1. The van der Waals surface area contributed by atoms with Crippen molar-refractivity contribution in [1.82, 2.24) is 4.57 Å². The van der Waals surface area contributed by atoms with Crippen LogP contribution in [0.1, 0.15) is 11.1 Å². The summed E-state index contributed by atoms with van der Waals surface area (Å²) < 4.78 is 2.40. The number of aromatic nitrogens is 1. The van der Waals surface area contributed by atoms with Crippen LogP contribution in [0.5, 0.6) is 0 Å². The summed E-state index contributed by atoms with van der Waals surface area (Å²) in [4.78, 5) is 4.80. The van der Waals surface area contributed by atoms with Crippen molar-refractivity contribution in [3.8, 4) is 27.9 Å². The molecule has 59 heavy (non-hydrogen) atoms. The van der Waals surface area contributed by atoms with E-state index in [2.05, 4.69) is 253 Å². The first kappa shape index (κ1) is 35.8. The Morgan fingerprint density at radius 3 is 1.54 bits per heavy atom. The number of para-hydroxylation sites is 3. The molecule has 0 aliphatic carbocycles. The second-order valence-corrected chi connectivity index (χ2v) is 15.1. The highest BCUT2D eigenvalue weighted by molar-refractivity contribution is 5.99. The average molecular weight is 758 g/mol. The predicted octanol–water partition coefficient (Wildman–Crippen LogP) is 15.7. The summed E-state index contributed by atoms with van der Waals surface area (Å²) >= 11 is 0. The van der Waals surface area contributed by atoms with Gasteiger partial charge < -0.3 is 4.90 Å². The van der Waals surface area contributed by atoms with Crippen molar-refractivity contribution in [2.45, 2.75) is 13.8 Å². The zero-order valence-corrected chi connectivity index (χ0v) is 33.2. The fraction of sp³-hybridized carbons (Fsp3) is 0.0357. The van der Waals surface area contributed by atoms with E-state index in [0.29, 0.717) is 0 Å². The molecule has 0 aliphatic rings. The van der Waals surface area contributed by atoms with Gasteiger partial charge >= 0.3 is 0 Å². The van der Waals surface area contributed by atoms with Gasteiger partial charge in [0.2, 0.25) is 0 Å². The van der Waals surface area contributed by atoms with Crippen LogP contribution in [-0.4, -0.2) is 4.57 Å². The van der Waals surface area contributed by atoms with Crippen LogP contribution in [0.25, 0.3) is 49.6 Å². The standard InChI is InChI=1S/C56H43N3/c1-40-39-46(33-38-53(40)58(47-21-8-4-9-22-47)56-41(2)51-25-14-15-27-54(51)59(56)48-23-10-5-11-24-48)44-31-36-50(37-32-44)57(55-28-16-20-45-19-12-13-26-52(45)55)49-34-29-43(30-35-49)42-17-6-3-7-18-42/h3-39H,1-2H3. The number of hydrogen-bond acceptors (Lipinski definition) is 2. The molecule has 1 aromatic heterocycles. The van der Waals surface area contributed by atoms with E-state index >= 15 is 0 Å². The highest BCUT2D eigenvalue weighted by Crippen LogP contribution is 2.45. The monoisotopic (exact) mass is 757 g/mol. The predicted molar refractivity (Wildman–Crippen MR) is 250 cm³/mol. The van der Waals surface area contributed by atoms with Gasteiger partial charge in [-0.3, -0.25) is 9.47 Å². The third-order valence-corrected chi connectivity index (χ3v) is 11.5. The maximum Gasteiger partial charge on any atom is 0.126 e. The van der Waals surface area contributed by atoms with Crippen LogP contribution in [0.4, 0.5) is 34.3 Å². The fourth-order valence-corrected chi connectivity index (χ4v) is 8.60. The van der Waals surface area contributed by atoms with E-state index in [9.17, 15) is 0 Å². The van der Waals surface area contributed by atoms with E-state index < -0.39 is 0 Å². The van der Waals surface area contributed by atoms with E-state index in [-0.39, 0.29) is 0 Å². The van der Waals surface area contributed by atoms with Crippen molar-refractivity contribution < 1.29 is 0 Å². The summed E-state index contributed by atoms with van der Waals surface area (Å²) in [6.45, 7) is 4.48. The average Bonchev–Trinajstić information content (AvgIpc) is 3.59. The third-order valence-electron chi connectivity index (χ3n) is 11.5. The van der Waals surface area contributed by atoms with E-state index in [0.717, 1.165) is 39.9 Å². The number of benzene rings is 9. The number of nitrogens with zero attached hydrogens (tertiary/aromatic N) is 3. The fourth-order valence-electron chi connectivity index (χ4n) is 8.60. The second kappa shape index (κ2) is 15.4. The van der Waals surface area contributed by atoms with Gasteiger partial charge in [-0.05, 0) is 120 Å². The lowest BCUT2D eigenvalue weighted by atomic mass is 10.00. The molecule has 10 rings (SSSR count). The number of rotatable bonds is 9. The summed E-state index contributed by atoms with van der Waals surface area (Å²) in [7, 11) is 0. The number of hydrogen-bond donors (Lipinski definition) is 0. The molecule has 0 aliphatic heterocycles. The Morgan fingerprint density at radius 1 is 0.356 bits per heavy atom. The molecule has 0 fully saturated rings. The lowest BCUT2D eigenvalue weighted by Gasteiger charge is -2.29. The van der Waals surface area contributed by atoms with Crippen molar-refractivity contribution in [2.75, 3.05) is 9.80 Å². The Hall–Kier alpha value is -7.62. The molecule has 0 unspecified atom stereocenters. The Kier molecular flexibility index (Phi) is 9.32. The van der Waals surface area contributed by atoms with Crippen molar-refractivity contribution in [1.29, 1.82) is 0 Å². The molecule has 1 heterocycles. The molecule has 282 valence electrons. The first-order valence-corrected chi connectivity index (χ1v) is 20.3. The molecule has 0 bridgehead atoms. The number of fused-ring (bicyclic) bond motifs is 2. The largest absolute Gasteiger partial charge is 0.310 e. The molecule has 0 amide bonds. The van der Waals surface area contributed by atoms with Crippen molar-refractivity contribution in [2.24, 2.45) is 0 Å². The molecule has 10 aromatic rings. The van der Waals surface area contributed by atoms with E-state index in [1.54, 1.807) is 0 Å². The SMILES string of the molecule is Cc1cc(-c2ccc(N(c3ccc(-c4ccccc4)cc3)c3cccc4ccccc34)cc2)ccc1N(c1ccccc1)c1c(C)c2ccccc2n1-c1ccccc1. The molecule has 0 N–H and O–H groups in total. The molecule has 0 atom stereocenters. The van der Waals surface area contributed by atoms with Gasteiger partial charge in [0.25, 0.3) is 0 Å². The zero-order chi connectivity index (χ0) is 39.7. The van der Waals surface area contributed by atoms with Crippen LogP contribution in [0, 0.1) is 13.8 Å². The summed E-state index contributed by atoms with van der Waals surface area (Å²) in [5, 5.41) is 3.67. The summed E-state index contributed by atoms with van der Waals surface area (Å²) in [5.74, 6) is 1.13. The van der Waals surface area contributed by atoms with E-state index in [1.807, 2.05) is 0 Å². The molecular formula is C56H43N3. The Morgan fingerprint density at radius 2 is 0.864 bits per heavy atom. The van der Waals surface area contributed by atoms with Gasteiger partial charge in [-0.2, -0.15) is 0 Å². The van der Waals surface area contributed by atoms with Gasteiger partial charge in [-0.15, -0.1) is 0 Å². The number of aryl methyl sites for hydroxylation is 2. The van der Waals surface area contributed by atoms with Crippen molar-refractivity contribution in [3.05, 3.63) is 236 Å². The summed E-state index contributed by atoms with van der Waals surface area (Å²) in [6.07, 6.45) is 0. The van der Waals surface area contributed by atoms with Crippen LogP contribution in [0.15, 0.2) is 224 Å². The smallest absolute Gasteiger partial charge is 0.126 e.